The second-order valence-corrected chi connectivity index (χ2v) is 6.45. The Bertz CT molecular complexity index is 1010. The molecular weight excluding hydrogens is 380 g/mol. The van der Waals surface area contributed by atoms with Crippen LogP contribution in [0.2, 0.25) is 0 Å². The maximum Gasteiger partial charge on any atom is 0.387 e. The number of hydrogen-bond donors (Lipinski definition) is 1. The molecule has 1 aromatic heterocycles. The maximum atomic E-state index is 12.3. The average molecular weight is 398 g/mol. The third-order valence-corrected chi connectivity index (χ3v) is 4.30. The summed E-state index contributed by atoms with van der Waals surface area (Å²) in [6.07, 6.45) is 6.84. The minimum atomic E-state index is -2.86. The first-order valence-corrected chi connectivity index (χ1v) is 8.71. The van der Waals surface area contributed by atoms with E-state index in [4.69, 9.17) is 5.10 Å². The number of pyridine rings is 1. The van der Waals surface area contributed by atoms with Crippen molar-refractivity contribution in [3.8, 4) is 5.75 Å². The number of benzene rings is 1. The molecule has 0 amide bonds. The summed E-state index contributed by atoms with van der Waals surface area (Å²) in [7, 11) is 3.84. The standard InChI is InChI=1S/C19H18F2N7O/c1-27(2)16-8-5-14(11-23-16)28-10-9-22-12-17(28)25-19(26-28)24-13-3-6-15(7-4-13)29-18(20)21/h3-12,18H,1-2H3,(H,24,26)/q+1. The van der Waals surface area contributed by atoms with Crippen LogP contribution in [0.4, 0.5) is 26.0 Å². The average Bonchev–Trinajstić information content (AvgIpc) is 3.08. The van der Waals surface area contributed by atoms with Crippen LogP contribution in [0.25, 0.3) is 0 Å². The van der Waals surface area contributed by atoms with Crippen LogP contribution in [0.1, 0.15) is 0 Å². The summed E-state index contributed by atoms with van der Waals surface area (Å²) in [5.74, 6) is 1.87. The molecule has 1 N–H and O–H groups in total. The van der Waals surface area contributed by atoms with Crippen LogP contribution in [0, 0.1) is 0 Å². The van der Waals surface area contributed by atoms with Gasteiger partial charge in [0, 0.05) is 25.8 Å². The molecule has 0 aliphatic carbocycles. The SMILES string of the molecule is CN(C)c1ccc([N+]23C=CN=CC2=NC(Nc2ccc(OC(F)F)cc2)=N3)cn1. The number of fused-ring (bicyclic) bond motifs is 1. The van der Waals surface area contributed by atoms with Crippen molar-refractivity contribution in [2.45, 2.75) is 6.61 Å². The van der Waals surface area contributed by atoms with Gasteiger partial charge in [-0.25, -0.2) is 4.98 Å². The first kappa shape index (κ1) is 18.7. The fourth-order valence-corrected chi connectivity index (χ4v) is 2.90. The van der Waals surface area contributed by atoms with Gasteiger partial charge in [-0.15, -0.1) is 0 Å². The van der Waals surface area contributed by atoms with E-state index >= 15 is 0 Å². The topological polar surface area (TPSA) is 74.5 Å². The van der Waals surface area contributed by atoms with E-state index in [1.165, 1.54) is 12.1 Å². The molecule has 0 bridgehead atoms. The van der Waals surface area contributed by atoms with Crippen molar-refractivity contribution in [3.05, 3.63) is 55.0 Å². The Balaban J connectivity index is 1.61. The molecule has 4 rings (SSSR count). The predicted octanol–water partition coefficient (Wildman–Crippen LogP) is 3.41. The van der Waals surface area contributed by atoms with E-state index in [1.807, 2.05) is 31.1 Å². The Morgan fingerprint density at radius 2 is 1.90 bits per heavy atom. The molecule has 0 saturated carbocycles. The van der Waals surface area contributed by atoms with Gasteiger partial charge in [-0.1, -0.05) is 4.59 Å². The number of anilines is 2. The van der Waals surface area contributed by atoms with Gasteiger partial charge in [-0.3, -0.25) is 4.99 Å². The summed E-state index contributed by atoms with van der Waals surface area (Å²) >= 11 is 0. The highest BCUT2D eigenvalue weighted by Crippen LogP contribution is 2.31. The molecule has 2 aliphatic rings. The number of rotatable bonds is 5. The molecule has 29 heavy (non-hydrogen) atoms. The van der Waals surface area contributed by atoms with Crippen molar-refractivity contribution in [1.82, 2.24) is 9.58 Å². The zero-order valence-electron chi connectivity index (χ0n) is 15.7. The highest BCUT2D eigenvalue weighted by molar-refractivity contribution is 6.38. The highest BCUT2D eigenvalue weighted by Gasteiger charge is 2.43. The number of nitrogens with zero attached hydrogens (tertiary/aromatic N) is 6. The maximum absolute atomic E-state index is 12.3. The Labute approximate surface area is 165 Å². The number of ether oxygens (including phenoxy) is 1. The summed E-state index contributed by atoms with van der Waals surface area (Å²) in [6, 6.07) is 9.95. The largest absolute Gasteiger partial charge is 0.435 e. The van der Waals surface area contributed by atoms with Crippen molar-refractivity contribution >= 4 is 35.2 Å². The summed E-state index contributed by atoms with van der Waals surface area (Å²) in [5.41, 5.74) is 1.43. The quantitative estimate of drug-likeness (QED) is 0.784. The summed E-state index contributed by atoms with van der Waals surface area (Å²) < 4.78 is 28.9. The first-order chi connectivity index (χ1) is 14.0. The molecular formula is C19H18F2N7O+. The number of nitrogens with one attached hydrogen (secondary N) is 1. The van der Waals surface area contributed by atoms with Crippen LogP contribution in [0.3, 0.4) is 0 Å². The van der Waals surface area contributed by atoms with Crippen LogP contribution in [0.5, 0.6) is 5.75 Å². The van der Waals surface area contributed by atoms with Crippen molar-refractivity contribution < 1.29 is 13.5 Å². The van der Waals surface area contributed by atoms with Crippen LogP contribution >= 0.6 is 0 Å². The smallest absolute Gasteiger partial charge is 0.387 e. The Kier molecular flexibility index (Phi) is 4.77. The summed E-state index contributed by atoms with van der Waals surface area (Å²) in [5, 5.41) is 7.79. The van der Waals surface area contributed by atoms with E-state index in [2.05, 4.69) is 25.0 Å². The molecule has 1 unspecified atom stereocenters. The number of quaternary nitrogens is 1. The molecule has 0 spiro atoms. The number of amidine groups is 1. The minimum Gasteiger partial charge on any atom is -0.435 e. The molecule has 1 atom stereocenters. The van der Waals surface area contributed by atoms with Crippen molar-refractivity contribution in [1.29, 1.82) is 0 Å². The van der Waals surface area contributed by atoms with Crippen molar-refractivity contribution in [3.63, 3.8) is 0 Å². The lowest BCUT2D eigenvalue weighted by molar-refractivity contribution is -0.0498. The third-order valence-electron chi connectivity index (χ3n) is 4.30. The monoisotopic (exact) mass is 398 g/mol. The zero-order valence-corrected chi connectivity index (χ0v) is 15.7. The van der Waals surface area contributed by atoms with Gasteiger partial charge in [0.15, 0.2) is 11.9 Å². The molecule has 3 heterocycles. The number of aliphatic imine (C=N–C) groups is 2. The Hall–Kier alpha value is -3.66. The second kappa shape index (κ2) is 7.40. The molecule has 1 aromatic carbocycles. The van der Waals surface area contributed by atoms with E-state index < -0.39 is 6.61 Å². The number of aromatic nitrogens is 1. The summed E-state index contributed by atoms with van der Waals surface area (Å²) in [6.45, 7) is -2.86. The van der Waals surface area contributed by atoms with Gasteiger partial charge in [0.05, 0.1) is 12.4 Å². The minimum absolute atomic E-state index is 0.000874. The van der Waals surface area contributed by atoms with Gasteiger partial charge in [-0.05, 0) is 35.4 Å². The first-order valence-electron chi connectivity index (χ1n) is 8.71. The van der Waals surface area contributed by atoms with Crippen LogP contribution in [-0.2, 0) is 0 Å². The number of halogens is 2. The van der Waals surface area contributed by atoms with Crippen molar-refractivity contribution in [2.24, 2.45) is 15.1 Å². The van der Waals surface area contributed by atoms with E-state index in [-0.39, 0.29) is 10.3 Å². The lowest BCUT2D eigenvalue weighted by atomic mass is 10.3. The fraction of sp³-hybridized carbons (Fsp3) is 0.158. The van der Waals surface area contributed by atoms with Gasteiger partial charge in [0.1, 0.15) is 17.8 Å². The molecule has 0 saturated heterocycles. The molecule has 2 aromatic rings. The number of alkyl halides is 2. The van der Waals surface area contributed by atoms with Gasteiger partial charge in [0.25, 0.3) is 11.8 Å². The van der Waals surface area contributed by atoms with E-state index in [1.54, 1.807) is 36.9 Å². The van der Waals surface area contributed by atoms with Crippen LogP contribution in [-0.4, -0.2) is 43.7 Å². The lowest BCUT2D eigenvalue weighted by Crippen LogP contribution is -2.44. The van der Waals surface area contributed by atoms with Gasteiger partial charge >= 0.3 is 6.61 Å². The Morgan fingerprint density at radius 3 is 2.55 bits per heavy atom. The van der Waals surface area contributed by atoms with Gasteiger partial charge < -0.3 is 15.0 Å². The molecule has 0 fully saturated rings. The van der Waals surface area contributed by atoms with Gasteiger partial charge in [-0.2, -0.15) is 13.8 Å². The van der Waals surface area contributed by atoms with E-state index in [0.717, 1.165) is 11.5 Å². The van der Waals surface area contributed by atoms with Gasteiger partial charge in [0.2, 0.25) is 0 Å². The Morgan fingerprint density at radius 1 is 1.10 bits per heavy atom. The lowest BCUT2D eigenvalue weighted by Gasteiger charge is -2.23. The highest BCUT2D eigenvalue weighted by atomic mass is 19.3. The molecule has 148 valence electrons. The second-order valence-electron chi connectivity index (χ2n) is 6.45. The van der Waals surface area contributed by atoms with E-state index in [9.17, 15) is 8.78 Å². The summed E-state index contributed by atoms with van der Waals surface area (Å²) in [4.78, 5) is 15.0. The van der Waals surface area contributed by atoms with E-state index in [0.29, 0.717) is 17.5 Å². The normalized spacial score (nSPS) is 19.6. The number of hydrogen-bond acceptors (Lipinski definition) is 7. The fourth-order valence-electron chi connectivity index (χ4n) is 2.90. The molecule has 10 heteroatoms. The molecule has 8 nitrogen and oxygen atoms in total. The predicted molar refractivity (Wildman–Crippen MR) is 110 cm³/mol. The van der Waals surface area contributed by atoms with Crippen LogP contribution < -0.4 is 19.5 Å². The molecule has 2 aliphatic heterocycles. The van der Waals surface area contributed by atoms with Crippen molar-refractivity contribution in [2.75, 3.05) is 24.3 Å². The third kappa shape index (κ3) is 3.69. The number of guanidine groups is 1. The molecule has 0 radical (unpaired) electrons. The van der Waals surface area contributed by atoms with Crippen LogP contribution in [0.15, 0.2) is 70.1 Å². The zero-order chi connectivity index (χ0) is 20.4.